The number of nitrogens with zero attached hydrogens (tertiary/aromatic N) is 1. The van der Waals surface area contributed by atoms with Gasteiger partial charge in [0.1, 0.15) is 11.3 Å². The maximum Gasteiger partial charge on any atom is 0.263 e. The first-order chi connectivity index (χ1) is 12.6. The third kappa shape index (κ3) is 3.75. The van der Waals surface area contributed by atoms with E-state index in [2.05, 4.69) is 5.32 Å². The smallest absolute Gasteiger partial charge is 0.263 e. The maximum atomic E-state index is 12.3. The molecule has 0 radical (unpaired) electrons. The number of pyridine rings is 1. The number of anilines is 1. The summed E-state index contributed by atoms with van der Waals surface area (Å²) in [6.07, 6.45) is 1.60. The molecule has 26 heavy (non-hydrogen) atoms. The standard InChI is InChI=1S/C20H18N2O4/c1-22-13-5-6-16(20(22)24)19(23)21-14-9-11-15(12-10-14)26-18-8-4-3-7-17(18)25-2/h3-13H,1-2H3,(H,21,23). The van der Waals surface area contributed by atoms with Gasteiger partial charge in [-0.3, -0.25) is 9.59 Å². The molecule has 1 aromatic heterocycles. The number of hydrogen-bond donors (Lipinski definition) is 1. The predicted molar refractivity (Wildman–Crippen MR) is 99.1 cm³/mol. The summed E-state index contributed by atoms with van der Waals surface area (Å²) in [5.74, 6) is 1.37. The van der Waals surface area contributed by atoms with Gasteiger partial charge in [0.05, 0.1) is 7.11 Å². The Bertz CT molecular complexity index is 978. The highest BCUT2D eigenvalue weighted by atomic mass is 16.5. The molecule has 0 fully saturated rings. The van der Waals surface area contributed by atoms with Crippen molar-refractivity contribution < 1.29 is 14.3 Å². The summed E-state index contributed by atoms with van der Waals surface area (Å²) < 4.78 is 12.4. The van der Waals surface area contributed by atoms with Crippen molar-refractivity contribution >= 4 is 11.6 Å². The first kappa shape index (κ1) is 17.3. The minimum Gasteiger partial charge on any atom is -0.493 e. The summed E-state index contributed by atoms with van der Waals surface area (Å²) in [6.45, 7) is 0. The van der Waals surface area contributed by atoms with Gasteiger partial charge in [-0.15, -0.1) is 0 Å². The van der Waals surface area contributed by atoms with Crippen molar-refractivity contribution in [2.24, 2.45) is 7.05 Å². The predicted octanol–water partition coefficient (Wildman–Crippen LogP) is 3.44. The van der Waals surface area contributed by atoms with Gasteiger partial charge < -0.3 is 19.4 Å². The third-order valence-corrected chi connectivity index (χ3v) is 3.78. The van der Waals surface area contributed by atoms with Gasteiger partial charge in [-0.2, -0.15) is 0 Å². The van der Waals surface area contributed by atoms with Crippen LogP contribution in [0.3, 0.4) is 0 Å². The number of benzene rings is 2. The Balaban J connectivity index is 1.73. The number of nitrogens with one attached hydrogen (secondary N) is 1. The van der Waals surface area contributed by atoms with Crippen LogP contribution in [0.2, 0.25) is 0 Å². The van der Waals surface area contributed by atoms with Gasteiger partial charge in [0.15, 0.2) is 11.5 Å². The molecule has 0 aliphatic carbocycles. The zero-order chi connectivity index (χ0) is 18.5. The van der Waals surface area contributed by atoms with Crippen molar-refractivity contribution in [2.75, 3.05) is 12.4 Å². The van der Waals surface area contributed by atoms with Crippen molar-refractivity contribution in [3.8, 4) is 17.2 Å². The molecule has 0 unspecified atom stereocenters. The van der Waals surface area contributed by atoms with Crippen LogP contribution in [0, 0.1) is 0 Å². The van der Waals surface area contributed by atoms with E-state index >= 15 is 0 Å². The molecule has 0 saturated heterocycles. The van der Waals surface area contributed by atoms with E-state index < -0.39 is 5.91 Å². The first-order valence-electron chi connectivity index (χ1n) is 7.96. The lowest BCUT2D eigenvalue weighted by Gasteiger charge is -2.11. The number of amides is 1. The minimum absolute atomic E-state index is 0.0874. The molecule has 1 heterocycles. The largest absolute Gasteiger partial charge is 0.493 e. The van der Waals surface area contributed by atoms with Gasteiger partial charge in [-0.25, -0.2) is 0 Å². The van der Waals surface area contributed by atoms with Crippen LogP contribution in [0.5, 0.6) is 17.2 Å². The van der Waals surface area contributed by atoms with E-state index in [0.29, 0.717) is 22.9 Å². The summed E-state index contributed by atoms with van der Waals surface area (Å²) in [7, 11) is 3.18. The van der Waals surface area contributed by atoms with Crippen LogP contribution in [0.4, 0.5) is 5.69 Å². The van der Waals surface area contributed by atoms with Gasteiger partial charge in [0, 0.05) is 18.9 Å². The Morgan fingerprint density at radius 3 is 2.35 bits per heavy atom. The molecular formula is C20H18N2O4. The molecule has 3 aromatic rings. The van der Waals surface area contributed by atoms with E-state index in [-0.39, 0.29) is 11.1 Å². The number of carbonyl (C=O) groups excluding carboxylic acids is 1. The van der Waals surface area contributed by atoms with Crippen LogP contribution in [0.1, 0.15) is 10.4 Å². The summed E-state index contributed by atoms with van der Waals surface area (Å²) in [6, 6.07) is 17.3. The van der Waals surface area contributed by atoms with E-state index in [4.69, 9.17) is 9.47 Å². The van der Waals surface area contributed by atoms with E-state index in [1.807, 2.05) is 18.2 Å². The van der Waals surface area contributed by atoms with Gasteiger partial charge in [-0.1, -0.05) is 12.1 Å². The van der Waals surface area contributed by atoms with Crippen LogP contribution in [0.25, 0.3) is 0 Å². The maximum absolute atomic E-state index is 12.3. The average molecular weight is 350 g/mol. The number of hydrogen-bond acceptors (Lipinski definition) is 4. The zero-order valence-corrected chi connectivity index (χ0v) is 14.4. The second-order valence-corrected chi connectivity index (χ2v) is 5.57. The molecular weight excluding hydrogens is 332 g/mol. The lowest BCUT2D eigenvalue weighted by Crippen LogP contribution is -2.26. The molecule has 6 heteroatoms. The minimum atomic E-state index is -0.454. The molecule has 1 N–H and O–H groups in total. The normalized spacial score (nSPS) is 10.2. The van der Waals surface area contributed by atoms with E-state index in [1.165, 1.54) is 10.6 Å². The van der Waals surface area contributed by atoms with Crippen molar-refractivity contribution in [1.82, 2.24) is 4.57 Å². The molecule has 0 spiro atoms. The number of aromatic nitrogens is 1. The highest BCUT2D eigenvalue weighted by Crippen LogP contribution is 2.31. The Morgan fingerprint density at radius 2 is 1.65 bits per heavy atom. The van der Waals surface area contributed by atoms with Crippen LogP contribution in [0.15, 0.2) is 71.7 Å². The fourth-order valence-electron chi connectivity index (χ4n) is 2.40. The molecule has 0 atom stereocenters. The molecule has 2 aromatic carbocycles. The Hall–Kier alpha value is -3.54. The van der Waals surface area contributed by atoms with E-state index in [9.17, 15) is 9.59 Å². The SMILES string of the molecule is COc1ccccc1Oc1ccc(NC(=O)c2cccn(C)c2=O)cc1. The highest BCUT2D eigenvalue weighted by molar-refractivity contribution is 6.03. The molecule has 0 saturated carbocycles. The van der Waals surface area contributed by atoms with Gasteiger partial charge in [0.2, 0.25) is 0 Å². The van der Waals surface area contributed by atoms with Crippen molar-refractivity contribution in [3.63, 3.8) is 0 Å². The first-order valence-corrected chi connectivity index (χ1v) is 7.96. The fourth-order valence-corrected chi connectivity index (χ4v) is 2.40. The topological polar surface area (TPSA) is 69.6 Å². The summed E-state index contributed by atoms with van der Waals surface area (Å²) in [5.41, 5.74) is 0.304. The Kier molecular flexibility index (Phi) is 5.03. The zero-order valence-electron chi connectivity index (χ0n) is 14.4. The van der Waals surface area contributed by atoms with E-state index in [1.54, 1.807) is 56.8 Å². The summed E-state index contributed by atoms with van der Waals surface area (Å²) in [4.78, 5) is 24.3. The van der Waals surface area contributed by atoms with Crippen molar-refractivity contribution in [2.45, 2.75) is 0 Å². The number of carbonyl (C=O) groups is 1. The molecule has 6 nitrogen and oxygen atoms in total. The summed E-state index contributed by atoms with van der Waals surface area (Å²) in [5, 5.41) is 2.71. The van der Waals surface area contributed by atoms with Gasteiger partial charge in [0.25, 0.3) is 11.5 Å². The third-order valence-electron chi connectivity index (χ3n) is 3.78. The number of aryl methyl sites for hydroxylation is 1. The monoisotopic (exact) mass is 350 g/mol. The highest BCUT2D eigenvalue weighted by Gasteiger charge is 2.11. The lowest BCUT2D eigenvalue weighted by atomic mass is 10.2. The van der Waals surface area contributed by atoms with Crippen molar-refractivity contribution in [3.05, 3.63) is 82.8 Å². The van der Waals surface area contributed by atoms with Crippen LogP contribution in [-0.4, -0.2) is 17.6 Å². The number of rotatable bonds is 5. The van der Waals surface area contributed by atoms with Gasteiger partial charge in [-0.05, 0) is 48.5 Å². The van der Waals surface area contributed by atoms with Crippen LogP contribution < -0.4 is 20.3 Å². The molecule has 0 bridgehead atoms. The Morgan fingerprint density at radius 1 is 0.962 bits per heavy atom. The second-order valence-electron chi connectivity index (χ2n) is 5.57. The molecule has 0 aliphatic rings. The lowest BCUT2D eigenvalue weighted by molar-refractivity contribution is 0.102. The quantitative estimate of drug-likeness (QED) is 0.765. The Labute approximate surface area is 150 Å². The fraction of sp³-hybridized carbons (Fsp3) is 0.100. The van der Waals surface area contributed by atoms with E-state index in [0.717, 1.165) is 0 Å². The van der Waals surface area contributed by atoms with Gasteiger partial charge >= 0.3 is 0 Å². The second kappa shape index (κ2) is 7.57. The molecule has 1 amide bonds. The number of methoxy groups -OCH3 is 1. The number of para-hydroxylation sites is 2. The molecule has 0 aliphatic heterocycles. The number of ether oxygens (including phenoxy) is 2. The van der Waals surface area contributed by atoms with Crippen LogP contribution in [-0.2, 0) is 7.05 Å². The molecule has 3 rings (SSSR count). The average Bonchev–Trinajstić information content (AvgIpc) is 2.66. The van der Waals surface area contributed by atoms with Crippen LogP contribution >= 0.6 is 0 Å². The summed E-state index contributed by atoms with van der Waals surface area (Å²) >= 11 is 0. The van der Waals surface area contributed by atoms with Crippen molar-refractivity contribution in [1.29, 1.82) is 0 Å². The molecule has 132 valence electrons.